The van der Waals surface area contributed by atoms with Crippen LogP contribution < -0.4 is 0 Å². The normalized spacial score (nSPS) is 12.5. The lowest BCUT2D eigenvalue weighted by Crippen LogP contribution is -2.13. The highest BCUT2D eigenvalue weighted by Crippen LogP contribution is 2.19. The van der Waals surface area contributed by atoms with Gasteiger partial charge in [-0.15, -0.1) is 23.4 Å². The van der Waals surface area contributed by atoms with E-state index < -0.39 is 5.38 Å². The molecular weight excluding hydrogens is 228 g/mol. The van der Waals surface area contributed by atoms with E-state index in [1.54, 1.807) is 11.8 Å². The average molecular weight is 243 g/mol. The molecule has 0 aliphatic carbocycles. The van der Waals surface area contributed by atoms with Crippen molar-refractivity contribution in [3.05, 3.63) is 29.8 Å². The molecule has 1 rings (SSSR count). The number of rotatable bonds is 5. The Kier molecular flexibility index (Phi) is 5.20. The lowest BCUT2D eigenvalue weighted by atomic mass is 10.1. The molecule has 0 N–H and O–H groups in total. The van der Waals surface area contributed by atoms with Gasteiger partial charge >= 0.3 is 0 Å². The van der Waals surface area contributed by atoms with Crippen LogP contribution in [0.25, 0.3) is 0 Å². The van der Waals surface area contributed by atoms with Gasteiger partial charge in [0.1, 0.15) is 0 Å². The standard InChI is InChI=1S/C12H15ClOS/c1-3-11(13)12(14)9-5-7-10(8-6-9)15-4-2/h5-8,11H,3-4H2,1-2H3. The molecule has 1 unspecified atom stereocenters. The van der Waals surface area contributed by atoms with Crippen molar-refractivity contribution in [3.63, 3.8) is 0 Å². The van der Waals surface area contributed by atoms with E-state index in [1.807, 2.05) is 31.2 Å². The molecule has 1 aromatic rings. The molecule has 1 nitrogen and oxygen atoms in total. The lowest BCUT2D eigenvalue weighted by molar-refractivity contribution is 0.0985. The van der Waals surface area contributed by atoms with Gasteiger partial charge in [0, 0.05) is 10.5 Å². The SMILES string of the molecule is CCSc1ccc(C(=O)C(Cl)CC)cc1. The smallest absolute Gasteiger partial charge is 0.180 e. The van der Waals surface area contributed by atoms with Gasteiger partial charge in [0.25, 0.3) is 0 Å². The monoisotopic (exact) mass is 242 g/mol. The fraction of sp³-hybridized carbons (Fsp3) is 0.417. The molecular formula is C12H15ClOS. The van der Waals surface area contributed by atoms with Gasteiger partial charge < -0.3 is 0 Å². The zero-order valence-corrected chi connectivity index (χ0v) is 10.6. The van der Waals surface area contributed by atoms with Crippen LogP contribution in [0.3, 0.4) is 0 Å². The number of alkyl halides is 1. The Labute approximate surface area is 100 Å². The quantitative estimate of drug-likeness (QED) is 0.441. The van der Waals surface area contributed by atoms with E-state index in [-0.39, 0.29) is 5.78 Å². The fourth-order valence-corrected chi connectivity index (χ4v) is 2.04. The van der Waals surface area contributed by atoms with Crippen LogP contribution in [-0.2, 0) is 0 Å². The molecule has 82 valence electrons. The number of hydrogen-bond donors (Lipinski definition) is 0. The Morgan fingerprint density at radius 1 is 1.33 bits per heavy atom. The third-order valence-corrected chi connectivity index (χ3v) is 3.49. The number of hydrogen-bond acceptors (Lipinski definition) is 2. The molecule has 3 heteroatoms. The largest absolute Gasteiger partial charge is 0.293 e. The van der Waals surface area contributed by atoms with Crippen LogP contribution >= 0.6 is 23.4 Å². The third kappa shape index (κ3) is 3.54. The molecule has 0 saturated heterocycles. The highest BCUT2D eigenvalue weighted by atomic mass is 35.5. The number of thioether (sulfide) groups is 1. The highest BCUT2D eigenvalue weighted by molar-refractivity contribution is 7.99. The van der Waals surface area contributed by atoms with Gasteiger partial charge in [-0.1, -0.05) is 26.0 Å². The number of carbonyl (C=O) groups excluding carboxylic acids is 1. The summed E-state index contributed by atoms with van der Waals surface area (Å²) in [7, 11) is 0. The first-order valence-corrected chi connectivity index (χ1v) is 6.52. The average Bonchev–Trinajstić information content (AvgIpc) is 2.28. The second-order valence-electron chi connectivity index (χ2n) is 3.20. The molecule has 0 spiro atoms. The molecule has 0 radical (unpaired) electrons. The van der Waals surface area contributed by atoms with E-state index in [1.165, 1.54) is 4.90 Å². The van der Waals surface area contributed by atoms with Crippen molar-refractivity contribution in [2.45, 2.75) is 30.5 Å². The first-order chi connectivity index (χ1) is 7.19. The van der Waals surface area contributed by atoms with Gasteiger partial charge in [0.2, 0.25) is 0 Å². The zero-order valence-electron chi connectivity index (χ0n) is 9.00. The molecule has 0 aromatic heterocycles. The Hall–Kier alpha value is -0.470. The van der Waals surface area contributed by atoms with Crippen LogP contribution in [0.2, 0.25) is 0 Å². The number of carbonyl (C=O) groups is 1. The van der Waals surface area contributed by atoms with Crippen molar-refractivity contribution in [1.82, 2.24) is 0 Å². The summed E-state index contributed by atoms with van der Waals surface area (Å²) in [5, 5.41) is -0.394. The van der Waals surface area contributed by atoms with Crippen LogP contribution in [-0.4, -0.2) is 16.9 Å². The summed E-state index contributed by atoms with van der Waals surface area (Å²) < 4.78 is 0. The van der Waals surface area contributed by atoms with Crippen LogP contribution in [0.15, 0.2) is 29.2 Å². The first kappa shape index (κ1) is 12.6. The molecule has 15 heavy (non-hydrogen) atoms. The number of halogens is 1. The Bertz CT molecular complexity index is 321. The Balaban J connectivity index is 2.75. The predicted molar refractivity (Wildman–Crippen MR) is 67.1 cm³/mol. The summed E-state index contributed by atoms with van der Waals surface area (Å²) in [6.07, 6.45) is 0.672. The molecule has 1 atom stereocenters. The van der Waals surface area contributed by atoms with Gasteiger partial charge in [-0.3, -0.25) is 4.79 Å². The van der Waals surface area contributed by atoms with Crippen LogP contribution in [0.5, 0.6) is 0 Å². The molecule has 0 saturated carbocycles. The van der Waals surface area contributed by atoms with Gasteiger partial charge in [-0.05, 0) is 24.3 Å². The number of Topliss-reactive ketones (excluding diaryl/α,β-unsaturated/α-hetero) is 1. The van der Waals surface area contributed by atoms with Crippen molar-refractivity contribution in [2.75, 3.05) is 5.75 Å². The molecule has 0 fully saturated rings. The Morgan fingerprint density at radius 2 is 1.93 bits per heavy atom. The molecule has 0 bridgehead atoms. The summed E-state index contributed by atoms with van der Waals surface area (Å²) in [6.45, 7) is 4.02. The molecule has 0 heterocycles. The van der Waals surface area contributed by atoms with E-state index >= 15 is 0 Å². The van der Waals surface area contributed by atoms with Crippen LogP contribution in [0.4, 0.5) is 0 Å². The van der Waals surface area contributed by atoms with Gasteiger partial charge in [-0.25, -0.2) is 0 Å². The van der Waals surface area contributed by atoms with Gasteiger partial charge in [0.15, 0.2) is 5.78 Å². The molecule has 0 aliphatic heterocycles. The van der Waals surface area contributed by atoms with Gasteiger partial charge in [-0.2, -0.15) is 0 Å². The highest BCUT2D eigenvalue weighted by Gasteiger charge is 2.14. The Morgan fingerprint density at radius 3 is 2.40 bits per heavy atom. The summed E-state index contributed by atoms with van der Waals surface area (Å²) in [5.41, 5.74) is 0.706. The molecule has 0 amide bonds. The number of benzene rings is 1. The van der Waals surface area contributed by atoms with Crippen LogP contribution in [0.1, 0.15) is 30.6 Å². The van der Waals surface area contributed by atoms with E-state index in [0.29, 0.717) is 12.0 Å². The maximum Gasteiger partial charge on any atom is 0.180 e. The van der Waals surface area contributed by atoms with Crippen LogP contribution in [0, 0.1) is 0 Å². The third-order valence-electron chi connectivity index (χ3n) is 2.09. The predicted octanol–water partition coefficient (Wildman–Crippen LogP) is 4.00. The summed E-state index contributed by atoms with van der Waals surface area (Å²) in [5.74, 6) is 1.06. The van der Waals surface area contributed by atoms with Gasteiger partial charge in [0.05, 0.1) is 5.38 Å². The van der Waals surface area contributed by atoms with E-state index in [0.717, 1.165) is 5.75 Å². The van der Waals surface area contributed by atoms with Crippen molar-refractivity contribution < 1.29 is 4.79 Å². The summed E-state index contributed by atoms with van der Waals surface area (Å²) in [6, 6.07) is 7.65. The second-order valence-corrected chi connectivity index (χ2v) is 5.06. The minimum atomic E-state index is -0.394. The molecule has 0 aliphatic rings. The summed E-state index contributed by atoms with van der Waals surface area (Å²) >= 11 is 7.66. The minimum absolute atomic E-state index is 0.0206. The minimum Gasteiger partial charge on any atom is -0.293 e. The molecule has 1 aromatic carbocycles. The fourth-order valence-electron chi connectivity index (χ4n) is 1.25. The van der Waals surface area contributed by atoms with E-state index in [9.17, 15) is 4.79 Å². The maximum atomic E-state index is 11.7. The van der Waals surface area contributed by atoms with Crippen molar-refractivity contribution in [1.29, 1.82) is 0 Å². The topological polar surface area (TPSA) is 17.1 Å². The first-order valence-electron chi connectivity index (χ1n) is 5.10. The van der Waals surface area contributed by atoms with Crippen molar-refractivity contribution >= 4 is 29.1 Å². The number of ketones is 1. The summed E-state index contributed by atoms with van der Waals surface area (Å²) in [4.78, 5) is 12.9. The van der Waals surface area contributed by atoms with Crippen molar-refractivity contribution in [2.24, 2.45) is 0 Å². The zero-order chi connectivity index (χ0) is 11.3. The lowest BCUT2D eigenvalue weighted by Gasteiger charge is -2.06. The van der Waals surface area contributed by atoms with E-state index in [2.05, 4.69) is 6.92 Å². The van der Waals surface area contributed by atoms with E-state index in [4.69, 9.17) is 11.6 Å². The second kappa shape index (κ2) is 6.19. The maximum absolute atomic E-state index is 11.7. The van der Waals surface area contributed by atoms with Crippen molar-refractivity contribution in [3.8, 4) is 0 Å².